The molecule has 2 aromatic rings. The molecule has 1 N–H and O–H groups in total. The second kappa shape index (κ2) is 4.23. The van der Waals surface area contributed by atoms with Crippen molar-refractivity contribution < 1.29 is 0 Å². The molecule has 0 saturated carbocycles. The number of rotatable bonds is 2. The molecule has 18 heavy (non-hydrogen) atoms. The second-order valence-corrected chi connectivity index (χ2v) is 6.20. The molecule has 2 aliphatic rings. The van der Waals surface area contributed by atoms with Gasteiger partial charge in [-0.2, -0.15) is 0 Å². The number of nitrogens with zero attached hydrogens (tertiary/aromatic N) is 2. The van der Waals surface area contributed by atoms with Gasteiger partial charge in [-0.25, -0.2) is 4.31 Å². The van der Waals surface area contributed by atoms with Crippen molar-refractivity contribution in [3.8, 4) is 0 Å². The van der Waals surface area contributed by atoms with Crippen molar-refractivity contribution in [2.45, 2.75) is 10.9 Å². The largest absolute Gasteiger partial charge is 0.312 e. The van der Waals surface area contributed by atoms with Crippen LogP contribution in [-0.2, 0) is 0 Å². The number of nitrogens with one attached hydrogen (secondary N) is 1. The van der Waals surface area contributed by atoms with Gasteiger partial charge in [0.15, 0.2) is 0 Å². The smallest absolute Gasteiger partial charge is 0.0346 e. The third kappa shape index (κ3) is 1.72. The molecule has 2 aliphatic heterocycles. The third-order valence-corrected chi connectivity index (χ3v) is 5.03. The van der Waals surface area contributed by atoms with Gasteiger partial charge in [0.25, 0.3) is 0 Å². The molecule has 0 amide bonds. The van der Waals surface area contributed by atoms with Gasteiger partial charge in [-0.1, -0.05) is 12.1 Å². The summed E-state index contributed by atoms with van der Waals surface area (Å²) >= 11 is 1.89. The van der Waals surface area contributed by atoms with E-state index in [0.29, 0.717) is 0 Å². The zero-order valence-corrected chi connectivity index (χ0v) is 10.9. The molecular formula is C14H15N3S. The monoisotopic (exact) mass is 257 g/mol. The van der Waals surface area contributed by atoms with Gasteiger partial charge in [0.05, 0.1) is 0 Å². The minimum absolute atomic E-state index is 0.731. The highest BCUT2D eigenvalue weighted by Crippen LogP contribution is 2.35. The van der Waals surface area contributed by atoms with Gasteiger partial charge < -0.3 is 5.32 Å². The summed E-state index contributed by atoms with van der Waals surface area (Å²) in [6.07, 6.45) is 3.82. The second-order valence-electron chi connectivity index (χ2n) is 5.07. The summed E-state index contributed by atoms with van der Waals surface area (Å²) in [5.74, 6) is 0.870. The lowest BCUT2D eigenvalue weighted by Gasteiger charge is -2.30. The molecule has 3 nitrogen and oxygen atoms in total. The highest BCUT2D eigenvalue weighted by atomic mass is 32.2. The maximum Gasteiger partial charge on any atom is 0.0346 e. The summed E-state index contributed by atoms with van der Waals surface area (Å²) in [5, 5.41) is 6.03. The number of benzene rings is 1. The van der Waals surface area contributed by atoms with Gasteiger partial charge in [0.2, 0.25) is 0 Å². The fourth-order valence-corrected chi connectivity index (χ4v) is 4.00. The molecular weight excluding hydrogens is 242 g/mol. The molecule has 0 aliphatic carbocycles. The molecule has 1 aromatic carbocycles. The Bertz CT molecular complexity index is 569. The Kier molecular flexibility index (Phi) is 2.53. The highest BCUT2D eigenvalue weighted by Gasteiger charge is 2.39. The molecule has 3 heterocycles. The van der Waals surface area contributed by atoms with Gasteiger partial charge in [0.1, 0.15) is 0 Å². The van der Waals surface area contributed by atoms with Crippen LogP contribution in [0.1, 0.15) is 0 Å². The first-order valence-corrected chi connectivity index (χ1v) is 7.16. The molecule has 2 unspecified atom stereocenters. The number of aromatic nitrogens is 1. The van der Waals surface area contributed by atoms with E-state index in [1.54, 1.807) is 0 Å². The van der Waals surface area contributed by atoms with E-state index in [1.807, 2.05) is 24.3 Å². The summed E-state index contributed by atoms with van der Waals surface area (Å²) < 4.78 is 2.49. The van der Waals surface area contributed by atoms with Gasteiger partial charge in [-0.05, 0) is 29.5 Å². The summed E-state index contributed by atoms with van der Waals surface area (Å²) in [7, 11) is 0. The summed E-state index contributed by atoms with van der Waals surface area (Å²) in [6.45, 7) is 3.57. The Morgan fingerprint density at radius 3 is 3.06 bits per heavy atom. The van der Waals surface area contributed by atoms with E-state index in [9.17, 15) is 0 Å². The van der Waals surface area contributed by atoms with Crippen LogP contribution in [0, 0.1) is 5.92 Å². The van der Waals surface area contributed by atoms with Crippen molar-refractivity contribution in [1.29, 1.82) is 0 Å². The van der Waals surface area contributed by atoms with Crippen LogP contribution in [-0.4, -0.2) is 35.0 Å². The number of hydrogen-bond acceptors (Lipinski definition) is 4. The lowest BCUT2D eigenvalue weighted by atomic mass is 9.96. The van der Waals surface area contributed by atoms with Crippen LogP contribution in [0.25, 0.3) is 10.8 Å². The van der Waals surface area contributed by atoms with Crippen molar-refractivity contribution in [2.75, 3.05) is 19.6 Å². The molecule has 4 heteroatoms. The van der Waals surface area contributed by atoms with Gasteiger partial charge in [0, 0.05) is 54.3 Å². The summed E-state index contributed by atoms with van der Waals surface area (Å²) in [6, 6.07) is 9.30. The minimum atomic E-state index is 0.731. The maximum absolute atomic E-state index is 4.19. The Hall–Kier alpha value is -1.10. The average molecular weight is 257 g/mol. The zero-order valence-electron chi connectivity index (χ0n) is 10.0. The van der Waals surface area contributed by atoms with Crippen LogP contribution in [0.3, 0.4) is 0 Å². The fraction of sp³-hybridized carbons (Fsp3) is 0.357. The Morgan fingerprint density at radius 2 is 2.28 bits per heavy atom. The molecule has 4 rings (SSSR count). The van der Waals surface area contributed by atoms with E-state index in [4.69, 9.17) is 0 Å². The van der Waals surface area contributed by atoms with Gasteiger partial charge in [-0.3, -0.25) is 4.98 Å². The maximum atomic E-state index is 4.19. The van der Waals surface area contributed by atoms with E-state index in [1.165, 1.54) is 28.8 Å². The standard InChI is InChI=1S/C14H15N3S/c1-2-10-6-15-5-4-12(10)14(3-1)18-17-8-11-7-16-13(11)9-17/h1-6,11,13,16H,7-9H2. The Balaban J connectivity index is 1.62. The van der Waals surface area contributed by atoms with Crippen LogP contribution in [0.5, 0.6) is 0 Å². The molecule has 0 radical (unpaired) electrons. The fourth-order valence-electron chi connectivity index (χ4n) is 2.80. The third-order valence-electron chi connectivity index (χ3n) is 3.92. The molecule has 92 valence electrons. The van der Waals surface area contributed by atoms with E-state index >= 15 is 0 Å². The molecule has 2 fully saturated rings. The molecule has 0 bridgehead atoms. The summed E-state index contributed by atoms with van der Waals surface area (Å²) in [4.78, 5) is 5.53. The van der Waals surface area contributed by atoms with Crippen molar-refractivity contribution in [3.63, 3.8) is 0 Å². The predicted molar refractivity (Wildman–Crippen MR) is 74.5 cm³/mol. The van der Waals surface area contributed by atoms with Crippen molar-refractivity contribution in [2.24, 2.45) is 5.92 Å². The minimum Gasteiger partial charge on any atom is -0.312 e. The number of hydrogen-bond donors (Lipinski definition) is 1. The van der Waals surface area contributed by atoms with E-state index in [0.717, 1.165) is 18.5 Å². The quantitative estimate of drug-likeness (QED) is 0.834. The molecule has 2 atom stereocenters. The molecule has 2 saturated heterocycles. The lowest BCUT2D eigenvalue weighted by Crippen LogP contribution is -2.51. The van der Waals surface area contributed by atoms with E-state index < -0.39 is 0 Å². The van der Waals surface area contributed by atoms with E-state index in [2.05, 4.69) is 38.9 Å². The first-order valence-electron chi connectivity index (χ1n) is 6.39. The van der Waals surface area contributed by atoms with Crippen LogP contribution >= 0.6 is 11.9 Å². The van der Waals surface area contributed by atoms with E-state index in [-0.39, 0.29) is 0 Å². The molecule has 0 spiro atoms. The number of fused-ring (bicyclic) bond motifs is 2. The summed E-state index contributed by atoms with van der Waals surface area (Å²) in [5.41, 5.74) is 0. The Labute approximate surface area is 111 Å². The SMILES string of the molecule is c1cc(SN2CC3CNC3C2)c2ccncc2c1. The van der Waals surface area contributed by atoms with Gasteiger partial charge in [-0.15, -0.1) is 0 Å². The van der Waals surface area contributed by atoms with Crippen molar-refractivity contribution >= 4 is 22.7 Å². The van der Waals surface area contributed by atoms with Crippen LogP contribution < -0.4 is 5.32 Å². The van der Waals surface area contributed by atoms with Gasteiger partial charge >= 0.3 is 0 Å². The van der Waals surface area contributed by atoms with Crippen LogP contribution in [0.15, 0.2) is 41.6 Å². The zero-order chi connectivity index (χ0) is 11.9. The first-order chi connectivity index (χ1) is 8.90. The Morgan fingerprint density at radius 1 is 1.28 bits per heavy atom. The predicted octanol–water partition coefficient (Wildman–Crippen LogP) is 2.15. The topological polar surface area (TPSA) is 28.2 Å². The first kappa shape index (κ1) is 10.8. The van der Waals surface area contributed by atoms with Crippen LogP contribution in [0.2, 0.25) is 0 Å². The average Bonchev–Trinajstić information content (AvgIpc) is 2.66. The van der Waals surface area contributed by atoms with Crippen LogP contribution in [0.4, 0.5) is 0 Å². The highest BCUT2D eigenvalue weighted by molar-refractivity contribution is 7.97. The number of pyridine rings is 1. The lowest BCUT2D eigenvalue weighted by molar-refractivity contribution is 0.297. The normalized spacial score (nSPS) is 27.1. The molecule has 1 aromatic heterocycles. The van der Waals surface area contributed by atoms with Crippen molar-refractivity contribution in [3.05, 3.63) is 36.7 Å². The van der Waals surface area contributed by atoms with Crippen molar-refractivity contribution in [1.82, 2.24) is 14.6 Å².